The lowest BCUT2D eigenvalue weighted by Crippen LogP contribution is -2.23. The van der Waals surface area contributed by atoms with Crippen molar-refractivity contribution in [2.75, 3.05) is 5.32 Å². The second-order valence-corrected chi connectivity index (χ2v) is 7.42. The Morgan fingerprint density at radius 1 is 1.03 bits per heavy atom. The van der Waals surface area contributed by atoms with Gasteiger partial charge in [-0.25, -0.2) is 4.39 Å². The standard InChI is InChI=1S/C22H17FN4O2S/c23-17-6-1-4-14(10-17)20-16(13-25-27-20)12-24-21(28)15-5-2-7-18(11-15)26-22(29)19-8-3-9-30-19/h1-11,13H,12H2,(H,24,28)(H,25,27)(H,26,29). The number of hydrogen-bond acceptors (Lipinski definition) is 4. The highest BCUT2D eigenvalue weighted by molar-refractivity contribution is 7.12. The van der Waals surface area contributed by atoms with Crippen LogP contribution in [0.1, 0.15) is 25.6 Å². The van der Waals surface area contributed by atoms with Crippen LogP contribution in [0.4, 0.5) is 10.1 Å². The third-order valence-electron chi connectivity index (χ3n) is 4.40. The molecule has 0 aliphatic rings. The van der Waals surface area contributed by atoms with Gasteiger partial charge in [0, 0.05) is 28.9 Å². The summed E-state index contributed by atoms with van der Waals surface area (Å²) in [5.74, 6) is -0.868. The summed E-state index contributed by atoms with van der Waals surface area (Å²) in [5, 5.41) is 14.3. The molecule has 0 radical (unpaired) electrons. The highest BCUT2D eigenvalue weighted by Gasteiger charge is 2.12. The van der Waals surface area contributed by atoms with E-state index in [4.69, 9.17) is 0 Å². The Morgan fingerprint density at radius 2 is 1.90 bits per heavy atom. The number of nitrogens with zero attached hydrogens (tertiary/aromatic N) is 1. The molecule has 2 aromatic heterocycles. The Labute approximate surface area is 175 Å². The van der Waals surface area contributed by atoms with Gasteiger partial charge >= 0.3 is 0 Å². The largest absolute Gasteiger partial charge is 0.348 e. The fraction of sp³-hybridized carbons (Fsp3) is 0.0455. The molecule has 3 N–H and O–H groups in total. The number of carbonyl (C=O) groups is 2. The predicted octanol–water partition coefficient (Wildman–Crippen LogP) is 4.46. The van der Waals surface area contributed by atoms with E-state index in [2.05, 4.69) is 20.8 Å². The van der Waals surface area contributed by atoms with E-state index in [9.17, 15) is 14.0 Å². The maximum absolute atomic E-state index is 13.5. The van der Waals surface area contributed by atoms with Crippen LogP contribution in [0.3, 0.4) is 0 Å². The zero-order chi connectivity index (χ0) is 20.9. The SMILES string of the molecule is O=C(NCc1cn[nH]c1-c1cccc(F)c1)c1cccc(NC(=O)c2cccs2)c1. The Hall–Kier alpha value is -3.78. The first-order chi connectivity index (χ1) is 14.6. The average molecular weight is 420 g/mol. The van der Waals surface area contributed by atoms with Gasteiger partial charge in [0.05, 0.1) is 16.8 Å². The van der Waals surface area contributed by atoms with Crippen LogP contribution in [0, 0.1) is 5.82 Å². The van der Waals surface area contributed by atoms with Gasteiger partial charge in [0.15, 0.2) is 0 Å². The van der Waals surface area contributed by atoms with E-state index >= 15 is 0 Å². The van der Waals surface area contributed by atoms with Gasteiger partial charge in [-0.1, -0.05) is 24.3 Å². The smallest absolute Gasteiger partial charge is 0.265 e. The molecule has 0 unspecified atom stereocenters. The van der Waals surface area contributed by atoms with E-state index in [0.717, 1.165) is 5.56 Å². The van der Waals surface area contributed by atoms with Gasteiger partial charge in [0.2, 0.25) is 0 Å². The van der Waals surface area contributed by atoms with Crippen molar-refractivity contribution >= 4 is 28.8 Å². The summed E-state index contributed by atoms with van der Waals surface area (Å²) in [6.45, 7) is 0.215. The number of anilines is 1. The van der Waals surface area contributed by atoms with Crippen LogP contribution in [0.25, 0.3) is 11.3 Å². The number of halogens is 1. The van der Waals surface area contributed by atoms with Gasteiger partial charge in [0.1, 0.15) is 5.82 Å². The van der Waals surface area contributed by atoms with Gasteiger partial charge in [-0.15, -0.1) is 11.3 Å². The molecule has 4 rings (SSSR count). The average Bonchev–Trinajstić information content (AvgIpc) is 3.44. The molecule has 2 aromatic carbocycles. The fourth-order valence-electron chi connectivity index (χ4n) is 2.96. The van der Waals surface area contributed by atoms with Gasteiger partial charge < -0.3 is 10.6 Å². The zero-order valence-corrected chi connectivity index (χ0v) is 16.5. The molecule has 8 heteroatoms. The first-order valence-electron chi connectivity index (χ1n) is 9.11. The number of carbonyl (C=O) groups excluding carboxylic acids is 2. The van der Waals surface area contributed by atoms with Crippen molar-refractivity contribution in [3.05, 3.63) is 94.1 Å². The molecule has 2 heterocycles. The van der Waals surface area contributed by atoms with E-state index in [1.807, 2.05) is 5.38 Å². The predicted molar refractivity (Wildman–Crippen MR) is 114 cm³/mol. The number of aromatic amines is 1. The van der Waals surface area contributed by atoms with E-state index in [0.29, 0.717) is 27.4 Å². The highest BCUT2D eigenvalue weighted by atomic mass is 32.1. The Balaban J connectivity index is 1.43. The normalized spacial score (nSPS) is 10.6. The first-order valence-corrected chi connectivity index (χ1v) is 9.99. The maximum Gasteiger partial charge on any atom is 0.265 e. The molecule has 6 nitrogen and oxygen atoms in total. The van der Waals surface area contributed by atoms with Crippen molar-refractivity contribution in [2.24, 2.45) is 0 Å². The summed E-state index contributed by atoms with van der Waals surface area (Å²) in [4.78, 5) is 25.4. The van der Waals surface area contributed by atoms with Crippen molar-refractivity contribution in [3.63, 3.8) is 0 Å². The summed E-state index contributed by atoms with van der Waals surface area (Å²) >= 11 is 1.34. The van der Waals surface area contributed by atoms with Crippen LogP contribution in [0.15, 0.2) is 72.2 Å². The van der Waals surface area contributed by atoms with Crippen LogP contribution < -0.4 is 10.6 Å². The lowest BCUT2D eigenvalue weighted by molar-refractivity contribution is 0.0949. The molecule has 0 atom stereocenters. The number of hydrogen-bond donors (Lipinski definition) is 3. The molecule has 0 bridgehead atoms. The summed E-state index contributed by atoms with van der Waals surface area (Å²) in [7, 11) is 0. The molecule has 0 spiro atoms. The minimum Gasteiger partial charge on any atom is -0.348 e. The quantitative estimate of drug-likeness (QED) is 0.430. The first kappa shape index (κ1) is 19.5. The number of thiophene rings is 1. The second-order valence-electron chi connectivity index (χ2n) is 6.48. The Morgan fingerprint density at radius 3 is 2.70 bits per heavy atom. The molecule has 0 aliphatic heterocycles. The van der Waals surface area contributed by atoms with E-state index in [1.54, 1.807) is 54.7 Å². The number of H-pyrrole nitrogens is 1. The summed E-state index contributed by atoms with van der Waals surface area (Å²) in [6, 6.07) is 16.4. The highest BCUT2D eigenvalue weighted by Crippen LogP contribution is 2.22. The zero-order valence-electron chi connectivity index (χ0n) is 15.7. The molecule has 2 amide bonds. The third kappa shape index (κ3) is 4.44. The van der Waals surface area contributed by atoms with Gasteiger partial charge in [-0.2, -0.15) is 5.10 Å². The van der Waals surface area contributed by atoms with Crippen LogP contribution in [-0.2, 0) is 6.54 Å². The van der Waals surface area contributed by atoms with Crippen molar-refractivity contribution in [2.45, 2.75) is 6.54 Å². The molecule has 0 saturated carbocycles. The summed E-state index contributed by atoms with van der Waals surface area (Å²) in [6.07, 6.45) is 1.60. The number of nitrogens with one attached hydrogen (secondary N) is 3. The monoisotopic (exact) mass is 420 g/mol. The number of amides is 2. The minimum atomic E-state index is -0.349. The molecule has 150 valence electrons. The molecule has 4 aromatic rings. The lowest BCUT2D eigenvalue weighted by Gasteiger charge is -2.08. The minimum absolute atomic E-state index is 0.215. The third-order valence-corrected chi connectivity index (χ3v) is 5.27. The van der Waals surface area contributed by atoms with E-state index in [-0.39, 0.29) is 24.2 Å². The van der Waals surface area contributed by atoms with Crippen molar-refractivity contribution in [1.82, 2.24) is 15.5 Å². The molecule has 0 fully saturated rings. The van der Waals surface area contributed by atoms with Crippen molar-refractivity contribution in [1.29, 1.82) is 0 Å². The summed E-state index contributed by atoms with van der Waals surface area (Å²) in [5.41, 5.74) is 2.97. The number of benzene rings is 2. The Bertz CT molecular complexity index is 1190. The van der Waals surface area contributed by atoms with Gasteiger partial charge in [-0.05, 0) is 41.8 Å². The van der Waals surface area contributed by atoms with Gasteiger partial charge in [-0.3, -0.25) is 14.7 Å². The Kier molecular flexibility index (Phi) is 5.67. The fourth-order valence-corrected chi connectivity index (χ4v) is 3.57. The van der Waals surface area contributed by atoms with Crippen LogP contribution in [0.2, 0.25) is 0 Å². The van der Waals surface area contributed by atoms with Crippen molar-refractivity contribution < 1.29 is 14.0 Å². The molecular formula is C22H17FN4O2S. The topological polar surface area (TPSA) is 86.9 Å². The summed E-state index contributed by atoms with van der Waals surface area (Å²) < 4.78 is 13.5. The van der Waals surface area contributed by atoms with Crippen LogP contribution in [0.5, 0.6) is 0 Å². The molecule has 0 saturated heterocycles. The molecular weight excluding hydrogens is 403 g/mol. The second kappa shape index (κ2) is 8.71. The van der Waals surface area contributed by atoms with Crippen molar-refractivity contribution in [3.8, 4) is 11.3 Å². The maximum atomic E-state index is 13.5. The van der Waals surface area contributed by atoms with Crippen LogP contribution >= 0.6 is 11.3 Å². The molecule has 0 aliphatic carbocycles. The lowest BCUT2D eigenvalue weighted by atomic mass is 10.1. The molecule has 30 heavy (non-hydrogen) atoms. The van der Waals surface area contributed by atoms with E-state index < -0.39 is 0 Å². The number of rotatable bonds is 6. The van der Waals surface area contributed by atoms with Gasteiger partial charge in [0.25, 0.3) is 11.8 Å². The van der Waals surface area contributed by atoms with E-state index in [1.165, 1.54) is 23.5 Å². The van der Waals surface area contributed by atoms with Crippen LogP contribution in [-0.4, -0.2) is 22.0 Å². The number of aromatic nitrogens is 2.